The fourth-order valence-electron chi connectivity index (χ4n) is 4.10. The highest BCUT2D eigenvalue weighted by atomic mass is 32.2. The zero-order valence-electron chi connectivity index (χ0n) is 21.7. The van der Waals surface area contributed by atoms with Crippen LogP contribution in [-0.4, -0.2) is 63.4 Å². The molecular formula is C27H34N6O3S. The van der Waals surface area contributed by atoms with Gasteiger partial charge in [-0.1, -0.05) is 6.07 Å². The normalized spacial score (nSPS) is 17.6. The molecule has 1 aliphatic heterocycles. The van der Waals surface area contributed by atoms with Crippen molar-refractivity contribution in [3.05, 3.63) is 60.4 Å². The van der Waals surface area contributed by atoms with Crippen molar-refractivity contribution < 1.29 is 13.7 Å². The van der Waals surface area contributed by atoms with Crippen LogP contribution in [0.2, 0.25) is 0 Å². The van der Waals surface area contributed by atoms with Crippen LogP contribution in [0.1, 0.15) is 33.4 Å². The van der Waals surface area contributed by atoms with Gasteiger partial charge in [0.2, 0.25) is 0 Å². The van der Waals surface area contributed by atoms with Crippen LogP contribution in [0.15, 0.2) is 59.8 Å². The van der Waals surface area contributed by atoms with Gasteiger partial charge in [0.25, 0.3) is 0 Å². The number of pyridine rings is 1. The minimum absolute atomic E-state index is 0.121. The van der Waals surface area contributed by atoms with Gasteiger partial charge in [-0.15, -0.1) is 0 Å². The molecule has 1 fully saturated rings. The number of anilines is 2. The molecule has 1 aromatic carbocycles. The molecule has 10 heteroatoms. The summed E-state index contributed by atoms with van der Waals surface area (Å²) in [5, 5.41) is 5.94. The van der Waals surface area contributed by atoms with E-state index in [1.54, 1.807) is 30.5 Å². The maximum Gasteiger partial charge on any atom is 0.319 e. The molecular weight excluding hydrogens is 488 g/mol. The topological polar surface area (TPSA) is 109 Å². The van der Waals surface area contributed by atoms with E-state index in [4.69, 9.17) is 14.7 Å². The molecule has 2 N–H and O–H groups in total. The molecule has 0 saturated carbocycles. The summed E-state index contributed by atoms with van der Waals surface area (Å²) in [7, 11) is -2.88. The van der Waals surface area contributed by atoms with Gasteiger partial charge in [-0.3, -0.25) is 4.21 Å². The molecule has 37 heavy (non-hydrogen) atoms. The predicted octanol–water partition coefficient (Wildman–Crippen LogP) is 3.92. The second-order valence-electron chi connectivity index (χ2n) is 9.47. The summed E-state index contributed by atoms with van der Waals surface area (Å²) in [6.07, 6.45) is 1.62. The fraction of sp³-hybridized carbons (Fsp3) is 0.370. The lowest BCUT2D eigenvalue weighted by atomic mass is 10.1. The summed E-state index contributed by atoms with van der Waals surface area (Å²) in [6.45, 7) is 10.1. The predicted molar refractivity (Wildman–Crippen MR) is 149 cm³/mol. The third-order valence-corrected chi connectivity index (χ3v) is 9.30. The maximum absolute atomic E-state index is 14.1. The third-order valence-electron chi connectivity index (χ3n) is 6.53. The third kappa shape index (κ3) is 5.60. The number of benzene rings is 1. The molecule has 1 aliphatic rings. The number of aromatic nitrogens is 3. The molecule has 0 aliphatic carbocycles. The minimum atomic E-state index is -2.88. The van der Waals surface area contributed by atoms with Crippen LogP contribution in [0.25, 0.3) is 11.4 Å². The Kier molecular flexibility index (Phi) is 7.79. The number of nitrogens with zero attached hydrogens (tertiary/aromatic N) is 4. The first-order valence-electron chi connectivity index (χ1n) is 12.3. The summed E-state index contributed by atoms with van der Waals surface area (Å²) in [5.74, 6) is 5.37. The second kappa shape index (κ2) is 10.9. The Labute approximate surface area is 218 Å². The van der Waals surface area contributed by atoms with Gasteiger partial charge in [-0.2, -0.15) is 0 Å². The van der Waals surface area contributed by atoms with Crippen molar-refractivity contribution in [3.63, 3.8) is 0 Å². The molecule has 2 aromatic heterocycles. The average Bonchev–Trinajstić information content (AvgIpc) is 2.89. The Hall–Kier alpha value is -3.50. The van der Waals surface area contributed by atoms with Gasteiger partial charge in [-0.05, 0) is 70.0 Å². The highest BCUT2D eigenvalue weighted by Gasteiger charge is 2.36. The molecule has 1 saturated heterocycles. The van der Waals surface area contributed by atoms with Crippen LogP contribution in [0, 0.1) is 0 Å². The Bertz CT molecular complexity index is 1340. The molecule has 196 valence electrons. The number of rotatable bonds is 7. The molecule has 0 spiro atoms. The maximum atomic E-state index is 14.1. The van der Waals surface area contributed by atoms with E-state index in [-0.39, 0.29) is 12.1 Å². The van der Waals surface area contributed by atoms with E-state index >= 15 is 0 Å². The molecule has 1 unspecified atom stereocenters. The Balaban J connectivity index is 1.78. The lowest BCUT2D eigenvalue weighted by Gasteiger charge is -2.35. The van der Waals surface area contributed by atoms with Gasteiger partial charge in [0, 0.05) is 46.1 Å². The molecule has 2 atom stereocenters. The van der Waals surface area contributed by atoms with Crippen LogP contribution < -0.4 is 15.5 Å². The SMILES string of the molecule is C=S(=O)(c1ccccn1)C(C)(C)c1cc(N2CCOC[C@@H]2C)nc(-c2ccc(NC(=O)NCC)cc2)n1. The number of hydrogen-bond acceptors (Lipinski definition) is 7. The van der Waals surface area contributed by atoms with E-state index in [1.807, 2.05) is 45.0 Å². The Morgan fingerprint density at radius 3 is 2.62 bits per heavy atom. The number of carbonyl (C=O) groups is 1. The lowest BCUT2D eigenvalue weighted by molar-refractivity contribution is 0.0985. The fourth-order valence-corrected chi connectivity index (χ4v) is 5.59. The molecule has 0 bridgehead atoms. The van der Waals surface area contributed by atoms with E-state index in [1.165, 1.54) is 0 Å². The molecule has 3 aromatic rings. The minimum Gasteiger partial charge on any atom is -0.377 e. The number of hydrogen-bond donors (Lipinski definition) is 2. The van der Waals surface area contributed by atoms with E-state index in [0.29, 0.717) is 48.5 Å². The number of ether oxygens (including phenoxy) is 1. The quantitative estimate of drug-likeness (QED) is 0.453. The molecule has 2 amide bonds. The summed E-state index contributed by atoms with van der Waals surface area (Å²) in [4.78, 5) is 28.2. The smallest absolute Gasteiger partial charge is 0.319 e. The van der Waals surface area contributed by atoms with E-state index in [0.717, 1.165) is 11.4 Å². The van der Waals surface area contributed by atoms with Gasteiger partial charge in [0.05, 0.1) is 29.7 Å². The number of amides is 2. The summed E-state index contributed by atoms with van der Waals surface area (Å²) in [5.41, 5.74) is 2.04. The summed E-state index contributed by atoms with van der Waals surface area (Å²) < 4.78 is 18.8. The molecule has 3 heterocycles. The molecule has 4 rings (SSSR count). The highest BCUT2D eigenvalue weighted by Crippen LogP contribution is 2.36. The van der Waals surface area contributed by atoms with Gasteiger partial charge in [-0.25, -0.2) is 19.7 Å². The summed E-state index contributed by atoms with van der Waals surface area (Å²) in [6, 6.07) is 14.4. The van der Waals surface area contributed by atoms with Crippen molar-refractivity contribution in [2.24, 2.45) is 0 Å². The first-order valence-corrected chi connectivity index (χ1v) is 14.0. The van der Waals surface area contributed by atoms with Crippen molar-refractivity contribution in [1.82, 2.24) is 20.3 Å². The van der Waals surface area contributed by atoms with E-state index in [2.05, 4.69) is 33.3 Å². The van der Waals surface area contributed by atoms with Crippen LogP contribution in [0.3, 0.4) is 0 Å². The second-order valence-corrected chi connectivity index (χ2v) is 12.3. The van der Waals surface area contributed by atoms with Crippen molar-refractivity contribution in [2.45, 2.75) is 43.5 Å². The van der Waals surface area contributed by atoms with Crippen molar-refractivity contribution in [1.29, 1.82) is 0 Å². The number of carbonyl (C=O) groups excluding carboxylic acids is 1. The van der Waals surface area contributed by atoms with Gasteiger partial charge in [0.1, 0.15) is 10.8 Å². The Morgan fingerprint density at radius 2 is 1.97 bits per heavy atom. The van der Waals surface area contributed by atoms with Crippen LogP contribution >= 0.6 is 0 Å². The molecule has 0 radical (unpaired) electrons. The van der Waals surface area contributed by atoms with Gasteiger partial charge < -0.3 is 20.3 Å². The monoisotopic (exact) mass is 522 g/mol. The first kappa shape index (κ1) is 26.6. The van der Waals surface area contributed by atoms with Gasteiger partial charge in [0.15, 0.2) is 5.82 Å². The standard InChI is InChI=1S/C27H34N6O3S/c1-6-28-26(34)30-21-12-10-20(11-13-21)25-31-22(17-23(32-25)33-15-16-36-18-19(33)2)27(3,4)37(5,35)24-9-7-8-14-29-24/h7-14,17,19H,5-6,15-16,18H2,1-4H3,(H2,28,30,34)/t19-,37?/m0/s1. The zero-order valence-corrected chi connectivity index (χ0v) is 22.5. The largest absolute Gasteiger partial charge is 0.377 e. The van der Waals surface area contributed by atoms with Crippen LogP contribution in [0.5, 0.6) is 0 Å². The summed E-state index contributed by atoms with van der Waals surface area (Å²) >= 11 is 0. The van der Waals surface area contributed by atoms with Crippen molar-refractivity contribution in [3.8, 4) is 11.4 Å². The van der Waals surface area contributed by atoms with E-state index in [9.17, 15) is 9.00 Å². The number of morpholine rings is 1. The Morgan fingerprint density at radius 1 is 1.22 bits per heavy atom. The van der Waals surface area contributed by atoms with Crippen LogP contribution in [0.4, 0.5) is 16.3 Å². The zero-order chi connectivity index (χ0) is 26.6. The van der Waals surface area contributed by atoms with Crippen LogP contribution in [-0.2, 0) is 19.0 Å². The van der Waals surface area contributed by atoms with Gasteiger partial charge >= 0.3 is 6.03 Å². The molecule has 9 nitrogen and oxygen atoms in total. The average molecular weight is 523 g/mol. The first-order chi connectivity index (χ1) is 17.6. The van der Waals surface area contributed by atoms with E-state index < -0.39 is 14.3 Å². The van der Waals surface area contributed by atoms with Crippen molar-refractivity contribution >= 4 is 32.9 Å². The number of urea groups is 1. The lowest BCUT2D eigenvalue weighted by Crippen LogP contribution is -2.44. The number of nitrogens with one attached hydrogen (secondary N) is 2. The highest BCUT2D eigenvalue weighted by molar-refractivity contribution is 8.01. The van der Waals surface area contributed by atoms with Crippen molar-refractivity contribution in [2.75, 3.05) is 36.5 Å².